The van der Waals surface area contributed by atoms with E-state index in [-0.39, 0.29) is 0 Å². The van der Waals surface area contributed by atoms with Gasteiger partial charge in [-0.2, -0.15) is 0 Å². The Balaban J connectivity index is 3.95. The normalized spacial score (nSPS) is 12.7. The number of hydrogen-bond donors (Lipinski definition) is 0. The smallest absolute Gasteiger partial charge is 0.165 e. The van der Waals surface area contributed by atoms with Crippen LogP contribution in [0.2, 0.25) is 0 Å². The fourth-order valence-electron chi connectivity index (χ4n) is 1.56. The van der Waals surface area contributed by atoms with Crippen LogP contribution in [-0.2, 0) is 9.47 Å². The highest BCUT2D eigenvalue weighted by atomic mass is 16.7. The molecule has 0 N–H and O–H groups in total. The maximum Gasteiger partial charge on any atom is 0.165 e. The first-order chi connectivity index (χ1) is 7.93. The molecular weight excluding hydrogens is 212 g/mol. The maximum absolute atomic E-state index is 5.32. The molecule has 0 aliphatic rings. The van der Waals surface area contributed by atoms with Crippen LogP contribution in [0.3, 0.4) is 0 Å². The van der Waals surface area contributed by atoms with Crippen LogP contribution in [0.5, 0.6) is 0 Å². The van der Waals surface area contributed by atoms with Crippen LogP contribution in [0.1, 0.15) is 53.4 Å². The second-order valence-corrected chi connectivity index (χ2v) is 4.95. The van der Waals surface area contributed by atoms with Gasteiger partial charge in [0.1, 0.15) is 0 Å². The summed E-state index contributed by atoms with van der Waals surface area (Å²) in [6.45, 7) is 8.44. The van der Waals surface area contributed by atoms with Gasteiger partial charge >= 0.3 is 0 Å². The molecule has 0 atom stereocenters. The van der Waals surface area contributed by atoms with Crippen molar-refractivity contribution < 1.29 is 9.47 Å². The van der Waals surface area contributed by atoms with E-state index in [2.05, 4.69) is 32.9 Å². The monoisotopic (exact) mass is 240 g/mol. The van der Waals surface area contributed by atoms with Crippen molar-refractivity contribution in [2.75, 3.05) is 14.2 Å². The molecule has 0 unspecified atom stereocenters. The SMILES string of the molecule is COC(C)(CCC=C(C)CCC=C(C)C)OC. The molecule has 0 spiro atoms. The molecule has 100 valence electrons. The lowest BCUT2D eigenvalue weighted by molar-refractivity contribution is -0.196. The Kier molecular flexibility index (Phi) is 8.19. The van der Waals surface area contributed by atoms with Crippen molar-refractivity contribution in [1.82, 2.24) is 0 Å². The van der Waals surface area contributed by atoms with Gasteiger partial charge in [-0.1, -0.05) is 23.3 Å². The largest absolute Gasteiger partial charge is 0.353 e. The lowest BCUT2D eigenvalue weighted by atomic mass is 10.1. The number of rotatable bonds is 8. The first-order valence-electron chi connectivity index (χ1n) is 6.33. The molecular formula is C15H28O2. The van der Waals surface area contributed by atoms with Gasteiger partial charge in [0.15, 0.2) is 5.79 Å². The van der Waals surface area contributed by atoms with E-state index in [0.717, 1.165) is 25.7 Å². The molecule has 0 amide bonds. The van der Waals surface area contributed by atoms with Crippen LogP contribution in [0.4, 0.5) is 0 Å². The van der Waals surface area contributed by atoms with Crippen molar-refractivity contribution >= 4 is 0 Å². The summed E-state index contributed by atoms with van der Waals surface area (Å²) in [7, 11) is 3.38. The van der Waals surface area contributed by atoms with E-state index >= 15 is 0 Å². The van der Waals surface area contributed by atoms with Gasteiger partial charge in [0.05, 0.1) is 0 Å². The summed E-state index contributed by atoms with van der Waals surface area (Å²) >= 11 is 0. The molecule has 0 aliphatic carbocycles. The molecule has 2 heteroatoms. The molecule has 2 nitrogen and oxygen atoms in total. The lowest BCUT2D eigenvalue weighted by Crippen LogP contribution is -2.29. The molecule has 0 heterocycles. The predicted molar refractivity (Wildman–Crippen MR) is 74.1 cm³/mol. The Morgan fingerprint density at radius 3 is 2.06 bits per heavy atom. The summed E-state index contributed by atoms with van der Waals surface area (Å²) in [5.41, 5.74) is 2.83. The highest BCUT2D eigenvalue weighted by Gasteiger charge is 2.20. The Labute approximate surface area is 107 Å². The molecule has 0 saturated heterocycles. The van der Waals surface area contributed by atoms with Crippen LogP contribution in [0, 0.1) is 0 Å². The molecule has 0 saturated carbocycles. The Morgan fingerprint density at radius 2 is 1.59 bits per heavy atom. The van der Waals surface area contributed by atoms with Crippen LogP contribution >= 0.6 is 0 Å². The number of ether oxygens (including phenoxy) is 2. The van der Waals surface area contributed by atoms with Crippen LogP contribution < -0.4 is 0 Å². The van der Waals surface area contributed by atoms with Crippen molar-refractivity contribution in [3.05, 3.63) is 23.3 Å². The molecule has 0 aromatic rings. The summed E-state index contributed by atoms with van der Waals surface area (Å²) in [6.07, 6.45) is 8.73. The molecule has 0 bridgehead atoms. The zero-order valence-electron chi connectivity index (χ0n) is 12.3. The number of hydrogen-bond acceptors (Lipinski definition) is 2. The third-order valence-corrected chi connectivity index (χ3v) is 3.05. The second kappa shape index (κ2) is 8.48. The fraction of sp³-hybridized carbons (Fsp3) is 0.733. The van der Waals surface area contributed by atoms with Crippen molar-refractivity contribution in [3.8, 4) is 0 Å². The zero-order valence-corrected chi connectivity index (χ0v) is 12.3. The summed E-state index contributed by atoms with van der Waals surface area (Å²) in [6, 6.07) is 0. The molecule has 0 aromatic carbocycles. The van der Waals surface area contributed by atoms with E-state index in [1.54, 1.807) is 14.2 Å². The lowest BCUT2D eigenvalue weighted by Gasteiger charge is -2.25. The summed E-state index contributed by atoms with van der Waals surface area (Å²) in [5, 5.41) is 0. The van der Waals surface area contributed by atoms with Gasteiger partial charge in [0, 0.05) is 20.6 Å². The van der Waals surface area contributed by atoms with Gasteiger partial charge in [-0.05, 0) is 47.0 Å². The van der Waals surface area contributed by atoms with E-state index in [4.69, 9.17) is 9.47 Å². The van der Waals surface area contributed by atoms with Gasteiger partial charge in [-0.15, -0.1) is 0 Å². The predicted octanol–water partition coefficient (Wildman–Crippen LogP) is 4.47. The summed E-state index contributed by atoms with van der Waals surface area (Å²) < 4.78 is 10.6. The summed E-state index contributed by atoms with van der Waals surface area (Å²) in [4.78, 5) is 0. The van der Waals surface area contributed by atoms with Gasteiger partial charge in [-0.25, -0.2) is 0 Å². The quantitative estimate of drug-likeness (QED) is 0.460. The first-order valence-corrected chi connectivity index (χ1v) is 6.33. The van der Waals surface area contributed by atoms with Crippen molar-refractivity contribution in [2.45, 2.75) is 59.2 Å². The van der Waals surface area contributed by atoms with E-state index < -0.39 is 5.79 Å². The Hall–Kier alpha value is -0.600. The molecule has 0 fully saturated rings. The van der Waals surface area contributed by atoms with Crippen LogP contribution in [0.15, 0.2) is 23.3 Å². The topological polar surface area (TPSA) is 18.5 Å². The Morgan fingerprint density at radius 1 is 1.00 bits per heavy atom. The fourth-order valence-corrected chi connectivity index (χ4v) is 1.56. The summed E-state index contributed by atoms with van der Waals surface area (Å²) in [5.74, 6) is -0.448. The van der Waals surface area contributed by atoms with E-state index in [1.807, 2.05) is 6.92 Å². The zero-order chi connectivity index (χ0) is 13.3. The molecule has 0 rings (SSSR count). The van der Waals surface area contributed by atoms with Gasteiger partial charge in [0.25, 0.3) is 0 Å². The maximum atomic E-state index is 5.32. The standard InChI is InChI=1S/C15H28O2/c1-13(2)9-7-10-14(3)11-8-12-15(4,16-5)17-6/h9,11H,7-8,10,12H2,1-6H3. The Bertz CT molecular complexity index is 256. The van der Waals surface area contributed by atoms with Crippen molar-refractivity contribution in [3.63, 3.8) is 0 Å². The van der Waals surface area contributed by atoms with Crippen molar-refractivity contribution in [2.24, 2.45) is 0 Å². The van der Waals surface area contributed by atoms with Crippen LogP contribution in [-0.4, -0.2) is 20.0 Å². The first kappa shape index (κ1) is 16.4. The van der Waals surface area contributed by atoms with E-state index in [0.29, 0.717) is 0 Å². The molecule has 0 aromatic heterocycles. The third kappa shape index (κ3) is 8.17. The second-order valence-electron chi connectivity index (χ2n) is 4.95. The minimum atomic E-state index is -0.448. The van der Waals surface area contributed by atoms with Gasteiger partial charge in [0.2, 0.25) is 0 Å². The van der Waals surface area contributed by atoms with E-state index in [1.165, 1.54) is 11.1 Å². The molecule has 0 aliphatic heterocycles. The highest BCUT2D eigenvalue weighted by molar-refractivity contribution is 5.02. The van der Waals surface area contributed by atoms with Crippen molar-refractivity contribution in [1.29, 1.82) is 0 Å². The van der Waals surface area contributed by atoms with Gasteiger partial charge in [-0.3, -0.25) is 0 Å². The van der Waals surface area contributed by atoms with E-state index in [9.17, 15) is 0 Å². The average Bonchev–Trinajstić information content (AvgIpc) is 2.28. The molecule has 17 heavy (non-hydrogen) atoms. The minimum absolute atomic E-state index is 0.448. The highest BCUT2D eigenvalue weighted by Crippen LogP contribution is 2.18. The number of allylic oxidation sites excluding steroid dienone is 4. The minimum Gasteiger partial charge on any atom is -0.353 e. The molecule has 0 radical (unpaired) electrons. The number of methoxy groups -OCH3 is 2. The average molecular weight is 240 g/mol. The van der Waals surface area contributed by atoms with Gasteiger partial charge < -0.3 is 9.47 Å². The van der Waals surface area contributed by atoms with Crippen LogP contribution in [0.25, 0.3) is 0 Å². The third-order valence-electron chi connectivity index (χ3n) is 3.05.